The molecule has 1 saturated heterocycles. The van der Waals surface area contributed by atoms with Crippen LogP contribution in [0.15, 0.2) is 59.6 Å². The third-order valence-corrected chi connectivity index (χ3v) is 6.45. The second-order valence-corrected chi connectivity index (χ2v) is 8.80. The molecule has 3 aromatic rings. The summed E-state index contributed by atoms with van der Waals surface area (Å²) in [6, 6.07) is 11.3. The summed E-state index contributed by atoms with van der Waals surface area (Å²) >= 11 is 7.29. The molecule has 3 heterocycles. The summed E-state index contributed by atoms with van der Waals surface area (Å²) in [7, 11) is 0. The molecule has 0 aliphatic carbocycles. The molecule has 156 valence electrons. The molecule has 6 nitrogen and oxygen atoms in total. The Morgan fingerprint density at radius 2 is 2.00 bits per heavy atom. The van der Waals surface area contributed by atoms with Gasteiger partial charge in [-0.25, -0.2) is 4.98 Å². The average molecular weight is 453 g/mol. The van der Waals surface area contributed by atoms with Gasteiger partial charge in [0.1, 0.15) is 17.6 Å². The summed E-state index contributed by atoms with van der Waals surface area (Å²) in [6.07, 6.45) is 2.33. The Balaban J connectivity index is 1.68. The number of rotatable bonds is 3. The standard InChI is InChI=1S/C23H17ClN2O4S/c1-12-10-15-11-14(4-7-17(15)30-12)20(27)18-19(13-2-5-16(24)6-3-13)26(22(29)21(18)28)23-25-8-9-31-23/h2-9,11-12,19,27H,10H2,1H3/t12-,19+/m1/s1. The Morgan fingerprint density at radius 3 is 2.71 bits per heavy atom. The minimum absolute atomic E-state index is 0.0226. The minimum atomic E-state index is -0.813. The zero-order valence-electron chi connectivity index (χ0n) is 16.4. The van der Waals surface area contributed by atoms with E-state index >= 15 is 0 Å². The van der Waals surface area contributed by atoms with E-state index in [2.05, 4.69) is 4.98 Å². The number of carbonyl (C=O) groups excluding carboxylic acids is 2. The van der Waals surface area contributed by atoms with E-state index < -0.39 is 17.7 Å². The lowest BCUT2D eigenvalue weighted by molar-refractivity contribution is -0.132. The molecular formula is C23H17ClN2O4S. The molecule has 2 atom stereocenters. The number of aliphatic hydroxyl groups excluding tert-OH is 1. The number of amides is 1. The quantitative estimate of drug-likeness (QED) is 0.352. The summed E-state index contributed by atoms with van der Waals surface area (Å²) in [6.45, 7) is 1.97. The summed E-state index contributed by atoms with van der Waals surface area (Å²) in [5.41, 5.74) is 2.09. The van der Waals surface area contributed by atoms with Gasteiger partial charge in [-0.15, -0.1) is 11.3 Å². The topological polar surface area (TPSA) is 79.7 Å². The Hall–Kier alpha value is -3.16. The molecule has 5 rings (SSSR count). The molecule has 0 unspecified atom stereocenters. The van der Waals surface area contributed by atoms with Gasteiger partial charge >= 0.3 is 5.91 Å². The van der Waals surface area contributed by atoms with Gasteiger partial charge in [-0.1, -0.05) is 23.7 Å². The van der Waals surface area contributed by atoms with Crippen molar-refractivity contribution in [2.45, 2.75) is 25.5 Å². The first-order valence-corrected chi connectivity index (χ1v) is 11.0. The van der Waals surface area contributed by atoms with Gasteiger partial charge in [0.15, 0.2) is 5.13 Å². The largest absolute Gasteiger partial charge is 0.507 e. The van der Waals surface area contributed by atoms with Crippen LogP contribution in [0.5, 0.6) is 5.75 Å². The molecular weight excluding hydrogens is 436 g/mol. The van der Waals surface area contributed by atoms with Crippen LogP contribution in [0.25, 0.3) is 5.76 Å². The number of carbonyl (C=O) groups is 2. The van der Waals surface area contributed by atoms with Crippen LogP contribution in [0.1, 0.15) is 29.7 Å². The van der Waals surface area contributed by atoms with Crippen LogP contribution in [0.4, 0.5) is 5.13 Å². The molecule has 1 fully saturated rings. The van der Waals surface area contributed by atoms with Gasteiger partial charge in [0.25, 0.3) is 5.78 Å². The third-order valence-electron chi connectivity index (χ3n) is 5.42. The first kappa shape index (κ1) is 19.8. The first-order valence-electron chi connectivity index (χ1n) is 9.70. The number of hydrogen-bond acceptors (Lipinski definition) is 6. The molecule has 0 saturated carbocycles. The van der Waals surface area contributed by atoms with Crippen LogP contribution in [0.2, 0.25) is 5.02 Å². The van der Waals surface area contributed by atoms with Crippen molar-refractivity contribution >= 4 is 45.5 Å². The van der Waals surface area contributed by atoms with Crippen molar-refractivity contribution in [1.29, 1.82) is 0 Å². The Labute approximate surface area is 187 Å². The van der Waals surface area contributed by atoms with E-state index in [0.29, 0.717) is 27.7 Å². The van der Waals surface area contributed by atoms with E-state index in [1.165, 1.54) is 16.2 Å². The summed E-state index contributed by atoms with van der Waals surface area (Å²) in [5, 5.41) is 13.9. The van der Waals surface area contributed by atoms with Crippen molar-refractivity contribution in [2.24, 2.45) is 0 Å². The lowest BCUT2D eigenvalue weighted by Gasteiger charge is -2.23. The number of aliphatic hydroxyl groups is 1. The number of anilines is 1. The van der Waals surface area contributed by atoms with Gasteiger partial charge in [-0.2, -0.15) is 0 Å². The van der Waals surface area contributed by atoms with Gasteiger partial charge < -0.3 is 9.84 Å². The third kappa shape index (κ3) is 3.30. The van der Waals surface area contributed by atoms with Gasteiger partial charge in [0.05, 0.1) is 11.6 Å². The second kappa shape index (κ2) is 7.51. The highest BCUT2D eigenvalue weighted by atomic mass is 35.5. The number of aromatic nitrogens is 1. The van der Waals surface area contributed by atoms with Crippen molar-refractivity contribution in [1.82, 2.24) is 4.98 Å². The van der Waals surface area contributed by atoms with Crippen LogP contribution in [0.3, 0.4) is 0 Å². The lowest BCUT2D eigenvalue weighted by atomic mass is 9.94. The van der Waals surface area contributed by atoms with E-state index in [-0.39, 0.29) is 17.4 Å². The van der Waals surface area contributed by atoms with E-state index in [1.54, 1.807) is 48.0 Å². The van der Waals surface area contributed by atoms with Crippen LogP contribution in [-0.4, -0.2) is 27.9 Å². The first-order chi connectivity index (χ1) is 14.9. The Morgan fingerprint density at radius 1 is 1.23 bits per heavy atom. The number of ketones is 1. The Kier molecular flexibility index (Phi) is 4.79. The molecule has 8 heteroatoms. The molecule has 0 bridgehead atoms. The van der Waals surface area contributed by atoms with Crippen molar-refractivity contribution in [3.8, 4) is 5.75 Å². The highest BCUT2D eigenvalue weighted by molar-refractivity contribution is 7.14. The van der Waals surface area contributed by atoms with Gasteiger partial charge in [-0.05, 0) is 48.4 Å². The molecule has 31 heavy (non-hydrogen) atoms. The molecule has 2 aliphatic heterocycles. The van der Waals surface area contributed by atoms with Crippen LogP contribution in [0, 0.1) is 0 Å². The fraction of sp³-hybridized carbons (Fsp3) is 0.174. The summed E-state index contributed by atoms with van der Waals surface area (Å²) in [4.78, 5) is 31.6. The zero-order valence-corrected chi connectivity index (χ0v) is 18.0. The average Bonchev–Trinajstić information content (AvgIpc) is 3.46. The maximum absolute atomic E-state index is 13.1. The number of fused-ring (bicyclic) bond motifs is 1. The maximum atomic E-state index is 13.1. The molecule has 0 spiro atoms. The molecule has 0 radical (unpaired) electrons. The monoisotopic (exact) mass is 452 g/mol. The van der Waals surface area contributed by atoms with Gasteiger partial charge in [0.2, 0.25) is 0 Å². The normalized spacial score (nSPS) is 21.9. The SMILES string of the molecule is C[C@@H]1Cc2cc(C(O)=C3C(=O)C(=O)N(c4nccs4)[C@H]3c3ccc(Cl)cc3)ccc2O1. The smallest absolute Gasteiger partial charge is 0.301 e. The highest BCUT2D eigenvalue weighted by Gasteiger charge is 2.48. The van der Waals surface area contributed by atoms with Crippen LogP contribution in [-0.2, 0) is 16.0 Å². The van der Waals surface area contributed by atoms with Crippen LogP contribution < -0.4 is 9.64 Å². The number of benzene rings is 2. The van der Waals surface area contributed by atoms with E-state index in [9.17, 15) is 14.7 Å². The van der Waals surface area contributed by atoms with Crippen molar-refractivity contribution in [3.63, 3.8) is 0 Å². The van der Waals surface area contributed by atoms with E-state index in [0.717, 1.165) is 11.3 Å². The van der Waals surface area contributed by atoms with Crippen LogP contribution >= 0.6 is 22.9 Å². The van der Waals surface area contributed by atoms with E-state index in [4.69, 9.17) is 16.3 Å². The molecule has 1 aromatic heterocycles. The number of hydrogen-bond donors (Lipinski definition) is 1. The van der Waals surface area contributed by atoms with Crippen molar-refractivity contribution in [3.05, 3.63) is 81.3 Å². The fourth-order valence-electron chi connectivity index (χ4n) is 4.05. The lowest BCUT2D eigenvalue weighted by Crippen LogP contribution is -2.29. The highest BCUT2D eigenvalue weighted by Crippen LogP contribution is 2.43. The molecule has 1 amide bonds. The number of Topliss-reactive ketones (excluding diaryl/α,β-unsaturated/α-hetero) is 1. The zero-order chi connectivity index (χ0) is 21.7. The predicted octanol–water partition coefficient (Wildman–Crippen LogP) is 4.75. The predicted molar refractivity (Wildman–Crippen MR) is 119 cm³/mol. The van der Waals surface area contributed by atoms with Gasteiger partial charge in [0, 0.05) is 28.6 Å². The molecule has 2 aromatic carbocycles. The van der Waals surface area contributed by atoms with Gasteiger partial charge in [-0.3, -0.25) is 14.5 Å². The Bertz CT molecular complexity index is 1220. The molecule has 2 aliphatic rings. The number of ether oxygens (including phenoxy) is 1. The minimum Gasteiger partial charge on any atom is -0.507 e. The number of nitrogens with zero attached hydrogens (tertiary/aromatic N) is 2. The van der Waals surface area contributed by atoms with E-state index in [1.807, 2.05) is 13.0 Å². The summed E-state index contributed by atoms with van der Waals surface area (Å²) in [5.74, 6) is -0.937. The number of thiazole rings is 1. The second-order valence-electron chi connectivity index (χ2n) is 7.49. The van der Waals surface area contributed by atoms with Crippen molar-refractivity contribution in [2.75, 3.05) is 4.90 Å². The maximum Gasteiger partial charge on any atom is 0.301 e. The fourth-order valence-corrected chi connectivity index (χ4v) is 4.84. The molecule has 1 N–H and O–H groups in total. The number of halogens is 1. The summed E-state index contributed by atoms with van der Waals surface area (Å²) < 4.78 is 5.73. The van der Waals surface area contributed by atoms with Crippen molar-refractivity contribution < 1.29 is 19.4 Å².